The Kier molecular flexibility index (Phi) is 6.41. The standard InChI is InChI=1S/C24H25FN6O2.2H2/c1-14-9-17(11-26-4)5-7-19(14)23-29-30-24(33-23)22-16(3)27-12-20(28-22)18-6-8-21(32)31(13-18)15(2)10-25;;/h5-9,12-13,15,26H,10-11H2,1-4H3;2*1H. The molecule has 1 N–H and O–H groups in total. The van der Waals surface area contributed by atoms with Gasteiger partial charge in [-0.15, -0.1) is 10.2 Å². The highest BCUT2D eigenvalue weighted by atomic mass is 19.1. The number of hydrogen-bond acceptors (Lipinski definition) is 7. The molecule has 8 nitrogen and oxygen atoms in total. The van der Waals surface area contributed by atoms with Crippen molar-refractivity contribution in [3.05, 3.63) is 69.9 Å². The number of halogens is 1. The minimum absolute atomic E-state index is 0. The molecule has 9 heteroatoms. The number of pyridine rings is 1. The predicted molar refractivity (Wildman–Crippen MR) is 128 cm³/mol. The number of benzene rings is 1. The summed E-state index contributed by atoms with van der Waals surface area (Å²) in [6, 6.07) is 8.52. The molecule has 0 aliphatic rings. The number of rotatable bonds is 7. The van der Waals surface area contributed by atoms with Crippen LogP contribution in [-0.2, 0) is 6.54 Å². The van der Waals surface area contributed by atoms with Crippen molar-refractivity contribution < 1.29 is 11.7 Å². The summed E-state index contributed by atoms with van der Waals surface area (Å²) in [5, 5.41) is 11.5. The molecule has 174 valence electrons. The van der Waals surface area contributed by atoms with Gasteiger partial charge in [0.15, 0.2) is 0 Å². The van der Waals surface area contributed by atoms with E-state index in [0.29, 0.717) is 28.5 Å². The molecule has 0 saturated carbocycles. The molecule has 0 fully saturated rings. The van der Waals surface area contributed by atoms with Crippen molar-refractivity contribution in [1.29, 1.82) is 0 Å². The van der Waals surface area contributed by atoms with Crippen molar-refractivity contribution in [3.8, 4) is 34.3 Å². The molecule has 4 rings (SSSR count). The van der Waals surface area contributed by atoms with Crippen LogP contribution in [0.1, 0.15) is 32.6 Å². The largest absolute Gasteiger partial charge is 0.415 e. The minimum Gasteiger partial charge on any atom is -0.415 e. The monoisotopic (exact) mass is 452 g/mol. The van der Waals surface area contributed by atoms with E-state index < -0.39 is 12.7 Å². The van der Waals surface area contributed by atoms with Gasteiger partial charge >= 0.3 is 0 Å². The maximum Gasteiger partial charge on any atom is 0.268 e. The van der Waals surface area contributed by atoms with Gasteiger partial charge in [0.2, 0.25) is 5.89 Å². The topological polar surface area (TPSA) is 98.7 Å². The van der Waals surface area contributed by atoms with Gasteiger partial charge in [0.25, 0.3) is 11.4 Å². The molecule has 4 aromatic rings. The summed E-state index contributed by atoms with van der Waals surface area (Å²) in [4.78, 5) is 21.2. The fraction of sp³-hybridized carbons (Fsp3) is 0.292. The average Bonchev–Trinajstić information content (AvgIpc) is 3.29. The molecular formula is C24H29FN6O2. The molecule has 0 radical (unpaired) electrons. The third-order valence-electron chi connectivity index (χ3n) is 5.42. The van der Waals surface area contributed by atoms with Crippen molar-refractivity contribution in [1.82, 2.24) is 30.0 Å². The van der Waals surface area contributed by atoms with Crippen LogP contribution in [0.3, 0.4) is 0 Å². The van der Waals surface area contributed by atoms with Gasteiger partial charge in [-0.3, -0.25) is 9.78 Å². The van der Waals surface area contributed by atoms with E-state index in [4.69, 9.17) is 4.42 Å². The van der Waals surface area contributed by atoms with Gasteiger partial charge in [-0.1, -0.05) is 12.1 Å². The van der Waals surface area contributed by atoms with Gasteiger partial charge in [-0.25, -0.2) is 9.37 Å². The van der Waals surface area contributed by atoms with Crippen molar-refractivity contribution in [2.75, 3.05) is 13.7 Å². The van der Waals surface area contributed by atoms with Crippen LogP contribution in [0.2, 0.25) is 0 Å². The highest BCUT2D eigenvalue weighted by Crippen LogP contribution is 2.28. The van der Waals surface area contributed by atoms with Gasteiger partial charge < -0.3 is 14.3 Å². The summed E-state index contributed by atoms with van der Waals surface area (Å²) in [7, 11) is 1.90. The molecule has 0 bridgehead atoms. The van der Waals surface area contributed by atoms with Crippen LogP contribution in [0.5, 0.6) is 0 Å². The summed E-state index contributed by atoms with van der Waals surface area (Å²) < 4.78 is 20.4. The molecule has 33 heavy (non-hydrogen) atoms. The first kappa shape index (κ1) is 22.5. The van der Waals surface area contributed by atoms with Crippen molar-refractivity contribution in [2.45, 2.75) is 33.4 Å². The zero-order valence-corrected chi connectivity index (χ0v) is 19.0. The molecule has 3 aromatic heterocycles. The normalized spacial score (nSPS) is 12.2. The first-order valence-corrected chi connectivity index (χ1v) is 10.6. The molecule has 1 aromatic carbocycles. The molecular weight excluding hydrogens is 423 g/mol. The number of nitrogens with one attached hydrogen (secondary N) is 1. The van der Waals surface area contributed by atoms with Crippen molar-refractivity contribution >= 4 is 0 Å². The smallest absolute Gasteiger partial charge is 0.268 e. The Morgan fingerprint density at radius 2 is 1.97 bits per heavy atom. The van der Waals surface area contributed by atoms with Crippen molar-refractivity contribution in [3.63, 3.8) is 0 Å². The Bertz CT molecular complexity index is 1360. The van der Waals surface area contributed by atoms with Crippen LogP contribution < -0.4 is 10.9 Å². The summed E-state index contributed by atoms with van der Waals surface area (Å²) in [6.07, 6.45) is 3.19. The average molecular weight is 453 g/mol. The lowest BCUT2D eigenvalue weighted by atomic mass is 10.1. The SMILES string of the molecule is CNCc1ccc(-c2nnc(-c3nc(-c4ccc(=O)n(C(C)CF)c4)cnc3C)o2)c(C)c1.[HH].[HH]. The Morgan fingerprint density at radius 3 is 2.70 bits per heavy atom. The summed E-state index contributed by atoms with van der Waals surface area (Å²) in [5.74, 6) is 0.649. The van der Waals surface area contributed by atoms with Crippen LogP contribution in [0.4, 0.5) is 4.39 Å². The van der Waals surface area contributed by atoms with E-state index in [2.05, 4.69) is 31.5 Å². The third-order valence-corrected chi connectivity index (χ3v) is 5.42. The van der Waals surface area contributed by atoms with Gasteiger partial charge in [0.05, 0.1) is 23.6 Å². The van der Waals surface area contributed by atoms with Gasteiger partial charge in [0, 0.05) is 32.8 Å². The fourth-order valence-corrected chi connectivity index (χ4v) is 3.57. The van der Waals surface area contributed by atoms with Crippen LogP contribution in [0.15, 0.2) is 51.9 Å². The highest BCUT2D eigenvalue weighted by molar-refractivity contribution is 5.64. The zero-order chi connectivity index (χ0) is 23.5. The minimum atomic E-state index is -0.645. The second-order valence-electron chi connectivity index (χ2n) is 7.95. The number of alkyl halides is 1. The van der Waals surface area contributed by atoms with E-state index in [1.54, 1.807) is 32.3 Å². The van der Waals surface area contributed by atoms with Crippen LogP contribution in [0, 0.1) is 13.8 Å². The van der Waals surface area contributed by atoms with E-state index in [-0.39, 0.29) is 14.3 Å². The molecule has 1 atom stereocenters. The zero-order valence-electron chi connectivity index (χ0n) is 19.0. The van der Waals surface area contributed by atoms with E-state index in [1.807, 2.05) is 26.1 Å². The Hall–Kier alpha value is -3.72. The molecule has 0 aliphatic heterocycles. The number of hydrogen-bond donors (Lipinski definition) is 1. The molecule has 1 unspecified atom stereocenters. The van der Waals surface area contributed by atoms with E-state index in [0.717, 1.165) is 23.2 Å². The second kappa shape index (κ2) is 9.41. The second-order valence-corrected chi connectivity index (χ2v) is 7.95. The quantitative estimate of drug-likeness (QED) is 0.444. The molecule has 0 amide bonds. The number of aromatic nitrogens is 5. The van der Waals surface area contributed by atoms with Crippen molar-refractivity contribution in [2.24, 2.45) is 0 Å². The van der Waals surface area contributed by atoms with Gasteiger partial charge in [-0.05, 0) is 51.1 Å². The van der Waals surface area contributed by atoms with Gasteiger partial charge in [-0.2, -0.15) is 0 Å². The molecule has 0 saturated heterocycles. The lowest BCUT2D eigenvalue weighted by Gasteiger charge is -2.13. The maximum atomic E-state index is 13.1. The van der Waals surface area contributed by atoms with E-state index >= 15 is 0 Å². The lowest BCUT2D eigenvalue weighted by molar-refractivity contribution is 0.371. The summed E-state index contributed by atoms with van der Waals surface area (Å²) >= 11 is 0. The maximum absolute atomic E-state index is 13.1. The van der Waals surface area contributed by atoms with E-state index in [9.17, 15) is 9.18 Å². The lowest BCUT2D eigenvalue weighted by Crippen LogP contribution is -2.23. The summed E-state index contributed by atoms with van der Waals surface area (Å²) in [6.45, 7) is 5.57. The summed E-state index contributed by atoms with van der Waals surface area (Å²) in [5.41, 5.74) is 4.99. The predicted octanol–water partition coefficient (Wildman–Crippen LogP) is 4.38. The van der Waals surface area contributed by atoms with Crippen LogP contribution in [0.25, 0.3) is 34.3 Å². The molecule has 0 aliphatic carbocycles. The Balaban J connectivity index is 0.00000216. The number of aryl methyl sites for hydroxylation is 2. The third kappa shape index (κ3) is 4.58. The van der Waals surface area contributed by atoms with Gasteiger partial charge in [0.1, 0.15) is 12.4 Å². The van der Waals surface area contributed by atoms with E-state index in [1.165, 1.54) is 10.6 Å². The van der Waals surface area contributed by atoms with Crippen LogP contribution in [-0.4, -0.2) is 38.5 Å². The molecule has 0 spiro atoms. The fourth-order valence-electron chi connectivity index (χ4n) is 3.57. The molecule has 3 heterocycles. The van der Waals surface area contributed by atoms with Crippen LogP contribution >= 0.6 is 0 Å². The number of nitrogens with zero attached hydrogens (tertiary/aromatic N) is 5. The Labute approximate surface area is 193 Å². The first-order chi connectivity index (χ1) is 15.9. The first-order valence-electron chi connectivity index (χ1n) is 10.6. The Morgan fingerprint density at radius 1 is 1.18 bits per heavy atom. The highest BCUT2D eigenvalue weighted by Gasteiger charge is 2.18.